The molecule has 0 bridgehead atoms. The van der Waals surface area contributed by atoms with E-state index in [9.17, 15) is 0 Å². The maximum Gasteiger partial charge on any atom is 0.505 e. The van der Waals surface area contributed by atoms with Crippen LogP contribution in [0.25, 0.3) is 0 Å². The highest BCUT2D eigenvalue weighted by molar-refractivity contribution is 7.22. The Balaban J connectivity index is 1.56. The van der Waals surface area contributed by atoms with Crippen LogP contribution in [-0.4, -0.2) is 18.3 Å². The van der Waals surface area contributed by atoms with Gasteiger partial charge < -0.3 is 9.31 Å². The predicted octanol–water partition coefficient (Wildman–Crippen LogP) is 6.90. The number of thiophene rings is 1. The van der Waals surface area contributed by atoms with Crippen molar-refractivity contribution in [3.63, 3.8) is 0 Å². The van der Waals surface area contributed by atoms with Gasteiger partial charge in [0.25, 0.3) is 0 Å². The average molecular weight is 392 g/mol. The molecule has 1 aromatic heterocycles. The minimum absolute atomic E-state index is 0.203. The summed E-state index contributed by atoms with van der Waals surface area (Å²) < 4.78 is 13.5. The summed E-state index contributed by atoms with van der Waals surface area (Å²) in [7, 11) is -0.203. The Labute approximate surface area is 172 Å². The van der Waals surface area contributed by atoms with Gasteiger partial charge in [-0.25, -0.2) is 0 Å². The highest BCUT2D eigenvalue weighted by atomic mass is 32.1. The van der Waals surface area contributed by atoms with E-state index in [1.807, 2.05) is 11.3 Å². The molecule has 1 saturated heterocycles. The Kier molecular flexibility index (Phi) is 9.38. The molecule has 0 radical (unpaired) electrons. The van der Waals surface area contributed by atoms with E-state index < -0.39 is 0 Å². The van der Waals surface area contributed by atoms with Crippen LogP contribution >= 0.6 is 11.3 Å². The fourth-order valence-electron chi connectivity index (χ4n) is 3.58. The molecule has 2 rings (SSSR count). The molecule has 0 N–H and O–H groups in total. The molecule has 0 aromatic carbocycles. The van der Waals surface area contributed by atoms with E-state index in [0.717, 1.165) is 0 Å². The van der Waals surface area contributed by atoms with E-state index in [2.05, 4.69) is 46.8 Å². The van der Waals surface area contributed by atoms with E-state index >= 15 is 0 Å². The number of rotatable bonds is 13. The molecule has 0 spiro atoms. The van der Waals surface area contributed by atoms with E-state index in [-0.39, 0.29) is 18.3 Å². The smallest absolute Gasteiger partial charge is 0.399 e. The third kappa shape index (κ3) is 7.22. The van der Waals surface area contributed by atoms with Gasteiger partial charge >= 0.3 is 7.12 Å². The summed E-state index contributed by atoms with van der Waals surface area (Å²) in [5.74, 6) is 0. The van der Waals surface area contributed by atoms with Crippen molar-refractivity contribution in [3.05, 3.63) is 17.0 Å². The van der Waals surface area contributed by atoms with E-state index in [0.29, 0.717) is 0 Å². The van der Waals surface area contributed by atoms with Crippen molar-refractivity contribution >= 4 is 23.2 Å². The van der Waals surface area contributed by atoms with Crippen molar-refractivity contribution in [2.24, 2.45) is 0 Å². The minimum Gasteiger partial charge on any atom is -0.399 e. The number of hydrogen-bond donors (Lipinski definition) is 0. The van der Waals surface area contributed by atoms with E-state index in [1.54, 1.807) is 0 Å². The van der Waals surface area contributed by atoms with Gasteiger partial charge in [0.2, 0.25) is 0 Å². The zero-order chi connectivity index (χ0) is 19.8. The van der Waals surface area contributed by atoms with Gasteiger partial charge in [-0.3, -0.25) is 0 Å². The van der Waals surface area contributed by atoms with Gasteiger partial charge in [0.15, 0.2) is 0 Å². The summed E-state index contributed by atoms with van der Waals surface area (Å²) >= 11 is 1.86. The van der Waals surface area contributed by atoms with Gasteiger partial charge in [-0.05, 0) is 46.6 Å². The van der Waals surface area contributed by atoms with Crippen molar-refractivity contribution in [2.45, 2.75) is 123 Å². The van der Waals surface area contributed by atoms with E-state index in [4.69, 9.17) is 9.31 Å². The molecule has 4 heteroatoms. The van der Waals surface area contributed by atoms with Crippen LogP contribution in [-0.2, 0) is 15.7 Å². The fraction of sp³-hybridized carbons (Fsp3) is 0.826. The van der Waals surface area contributed by atoms with E-state index in [1.165, 1.54) is 86.7 Å². The summed E-state index contributed by atoms with van der Waals surface area (Å²) in [4.78, 5) is 1.47. The quantitative estimate of drug-likeness (QED) is 0.268. The molecule has 1 fully saturated rings. The third-order valence-corrected chi connectivity index (χ3v) is 7.36. The molecule has 0 unspecified atom stereocenters. The second-order valence-corrected chi connectivity index (χ2v) is 10.4. The fourth-order valence-corrected chi connectivity index (χ4v) is 4.59. The largest absolute Gasteiger partial charge is 0.505 e. The molecule has 0 amide bonds. The highest BCUT2D eigenvalue weighted by Crippen LogP contribution is 2.37. The zero-order valence-corrected chi connectivity index (χ0v) is 19.3. The molecular formula is C23H41BO2S. The molecule has 2 heterocycles. The Hall–Kier alpha value is -0.315. The van der Waals surface area contributed by atoms with Crippen molar-refractivity contribution in [2.75, 3.05) is 0 Å². The van der Waals surface area contributed by atoms with Crippen LogP contribution in [0.1, 0.15) is 110 Å². The van der Waals surface area contributed by atoms with Gasteiger partial charge in [-0.1, -0.05) is 77.2 Å². The highest BCUT2D eigenvalue weighted by Gasteiger charge is 2.52. The first-order valence-electron chi connectivity index (χ1n) is 11.3. The maximum absolute atomic E-state index is 6.16. The van der Waals surface area contributed by atoms with Gasteiger partial charge in [-0.15, -0.1) is 11.3 Å². The molecule has 27 heavy (non-hydrogen) atoms. The van der Waals surface area contributed by atoms with Crippen molar-refractivity contribution in [1.82, 2.24) is 0 Å². The van der Waals surface area contributed by atoms with Crippen molar-refractivity contribution in [3.8, 4) is 0 Å². The van der Waals surface area contributed by atoms with Gasteiger partial charge in [0.1, 0.15) is 0 Å². The average Bonchev–Trinajstić information content (AvgIpc) is 3.15. The van der Waals surface area contributed by atoms with Gasteiger partial charge in [-0.2, -0.15) is 0 Å². The molecule has 1 aliphatic rings. The molecule has 154 valence electrons. The lowest BCUT2D eigenvalue weighted by atomic mass is 9.88. The number of hydrogen-bond acceptors (Lipinski definition) is 3. The Morgan fingerprint density at radius 2 is 1.22 bits per heavy atom. The van der Waals surface area contributed by atoms with Crippen LogP contribution in [0.3, 0.4) is 0 Å². The third-order valence-electron chi connectivity index (χ3n) is 6.19. The Morgan fingerprint density at radius 1 is 0.741 bits per heavy atom. The Bertz CT molecular complexity index is 522. The van der Waals surface area contributed by atoms with Crippen LogP contribution < -0.4 is 4.78 Å². The second-order valence-electron chi connectivity index (χ2n) is 9.18. The van der Waals surface area contributed by atoms with Crippen molar-refractivity contribution < 1.29 is 9.31 Å². The molecule has 0 aliphatic carbocycles. The lowest BCUT2D eigenvalue weighted by Gasteiger charge is -2.32. The molecular weight excluding hydrogens is 351 g/mol. The lowest BCUT2D eigenvalue weighted by Crippen LogP contribution is -2.41. The first-order chi connectivity index (χ1) is 12.9. The summed E-state index contributed by atoms with van der Waals surface area (Å²) in [6.45, 7) is 10.8. The molecule has 1 aromatic rings. The van der Waals surface area contributed by atoms with Crippen LogP contribution in [0.5, 0.6) is 0 Å². The predicted molar refractivity (Wildman–Crippen MR) is 120 cm³/mol. The minimum atomic E-state index is -0.252. The monoisotopic (exact) mass is 392 g/mol. The normalized spacial score (nSPS) is 18.3. The summed E-state index contributed by atoms with van der Waals surface area (Å²) in [5, 5.41) is 0. The SMILES string of the molecule is CCCCCCCCCCCCCc1ccc(B2OC(C)(C)C(C)(C)O2)s1. The zero-order valence-electron chi connectivity index (χ0n) is 18.4. The lowest BCUT2D eigenvalue weighted by molar-refractivity contribution is 0.00578. The summed E-state index contributed by atoms with van der Waals surface area (Å²) in [6.07, 6.45) is 16.6. The van der Waals surface area contributed by atoms with Gasteiger partial charge in [0, 0.05) is 9.65 Å². The van der Waals surface area contributed by atoms with Crippen molar-refractivity contribution in [1.29, 1.82) is 0 Å². The first kappa shape index (κ1) is 23.0. The summed E-state index contributed by atoms with van der Waals surface area (Å²) in [5.41, 5.74) is -0.504. The van der Waals surface area contributed by atoms with Crippen LogP contribution in [0.4, 0.5) is 0 Å². The standard InChI is InChI=1S/C23H41BO2S/c1-6-7-8-9-10-11-12-13-14-15-16-17-20-18-19-21(27-20)24-25-22(2,3)23(4,5)26-24/h18-19H,6-17H2,1-5H3. The molecule has 1 aliphatic heterocycles. The number of unbranched alkanes of at least 4 members (excludes halogenated alkanes) is 10. The first-order valence-corrected chi connectivity index (χ1v) is 12.1. The topological polar surface area (TPSA) is 18.5 Å². The number of aryl methyl sites for hydroxylation is 1. The van der Waals surface area contributed by atoms with Crippen LogP contribution in [0.15, 0.2) is 12.1 Å². The molecule has 0 atom stereocenters. The molecule has 0 saturated carbocycles. The Morgan fingerprint density at radius 3 is 1.74 bits per heavy atom. The molecule has 2 nitrogen and oxygen atoms in total. The van der Waals surface area contributed by atoms with Gasteiger partial charge in [0.05, 0.1) is 11.2 Å². The van der Waals surface area contributed by atoms with Crippen LogP contribution in [0.2, 0.25) is 0 Å². The second kappa shape index (κ2) is 11.0. The summed E-state index contributed by atoms with van der Waals surface area (Å²) in [6, 6.07) is 4.46. The maximum atomic E-state index is 6.16. The van der Waals surface area contributed by atoms with Crippen LogP contribution in [0, 0.1) is 0 Å².